The van der Waals surface area contributed by atoms with Gasteiger partial charge in [0.2, 0.25) is 0 Å². The third-order valence-electron chi connectivity index (χ3n) is 3.97. The fourth-order valence-corrected chi connectivity index (χ4v) is 4.20. The maximum Gasteiger partial charge on any atom is 0.150 e. The third-order valence-corrected chi connectivity index (χ3v) is 5.62. The molecule has 6 nitrogen and oxygen atoms in total. The van der Waals surface area contributed by atoms with Gasteiger partial charge in [0.05, 0.1) is 35.4 Å². The van der Waals surface area contributed by atoms with Crippen molar-refractivity contribution in [3.8, 4) is 11.3 Å². The standard InChI is InChI=1S/C14H15F2N3O3S/c15-10-2-1-3-11(16)13(10)12-8-19(18-17-12)9-14(20)4-6-23(21,22)7-5-14/h1-3,8,20H,4-7,9H2. The lowest BCUT2D eigenvalue weighted by atomic mass is 9.97. The zero-order valence-electron chi connectivity index (χ0n) is 12.1. The number of aliphatic hydroxyl groups is 1. The second-order valence-electron chi connectivity index (χ2n) is 5.77. The van der Waals surface area contributed by atoms with E-state index in [0.717, 1.165) is 12.1 Å². The lowest BCUT2D eigenvalue weighted by Crippen LogP contribution is -2.42. The van der Waals surface area contributed by atoms with Crippen LogP contribution in [0.3, 0.4) is 0 Å². The monoisotopic (exact) mass is 343 g/mol. The number of nitrogens with zero attached hydrogens (tertiary/aromatic N) is 3. The predicted octanol–water partition coefficient (Wildman–Crippen LogP) is 1.16. The normalized spacial score (nSPS) is 19.6. The van der Waals surface area contributed by atoms with E-state index in [4.69, 9.17) is 0 Å². The Balaban J connectivity index is 1.81. The first-order chi connectivity index (χ1) is 10.8. The van der Waals surface area contributed by atoms with Gasteiger partial charge in [-0.15, -0.1) is 5.10 Å². The molecule has 0 spiro atoms. The highest BCUT2D eigenvalue weighted by Crippen LogP contribution is 2.27. The zero-order chi connectivity index (χ0) is 16.7. The van der Waals surface area contributed by atoms with Gasteiger partial charge in [-0.25, -0.2) is 21.9 Å². The fraction of sp³-hybridized carbons (Fsp3) is 0.429. The first-order valence-electron chi connectivity index (χ1n) is 7.05. The molecule has 1 aliphatic rings. The summed E-state index contributed by atoms with van der Waals surface area (Å²) >= 11 is 0. The minimum Gasteiger partial charge on any atom is -0.388 e. The molecule has 9 heteroatoms. The van der Waals surface area contributed by atoms with Gasteiger partial charge in [-0.3, -0.25) is 0 Å². The van der Waals surface area contributed by atoms with Crippen LogP contribution in [0.15, 0.2) is 24.4 Å². The summed E-state index contributed by atoms with van der Waals surface area (Å²) in [5.74, 6) is -1.68. The maximum atomic E-state index is 13.7. The zero-order valence-corrected chi connectivity index (χ0v) is 12.9. The molecule has 1 aromatic carbocycles. The number of hydrogen-bond donors (Lipinski definition) is 1. The maximum absolute atomic E-state index is 13.7. The Labute approximate surface area is 131 Å². The van der Waals surface area contributed by atoms with E-state index in [-0.39, 0.29) is 42.1 Å². The minimum atomic E-state index is -3.10. The van der Waals surface area contributed by atoms with E-state index >= 15 is 0 Å². The fourth-order valence-electron chi connectivity index (χ4n) is 2.61. The van der Waals surface area contributed by atoms with Crippen molar-refractivity contribution in [2.75, 3.05) is 11.5 Å². The van der Waals surface area contributed by atoms with Crippen LogP contribution < -0.4 is 0 Å². The number of sulfone groups is 1. The van der Waals surface area contributed by atoms with Crippen LogP contribution in [0.5, 0.6) is 0 Å². The summed E-state index contributed by atoms with van der Waals surface area (Å²) in [6.07, 6.45) is 1.53. The van der Waals surface area contributed by atoms with Crippen LogP contribution in [0.25, 0.3) is 11.3 Å². The Bertz CT molecular complexity index is 801. The van der Waals surface area contributed by atoms with Crippen molar-refractivity contribution >= 4 is 9.84 Å². The molecular weight excluding hydrogens is 328 g/mol. The quantitative estimate of drug-likeness (QED) is 0.904. The Kier molecular flexibility index (Phi) is 3.93. The summed E-state index contributed by atoms with van der Waals surface area (Å²) in [5.41, 5.74) is -1.48. The molecule has 124 valence electrons. The van der Waals surface area contributed by atoms with Gasteiger partial charge in [-0.1, -0.05) is 11.3 Å². The molecule has 0 atom stereocenters. The molecule has 1 fully saturated rings. The van der Waals surface area contributed by atoms with Crippen molar-refractivity contribution in [3.05, 3.63) is 36.0 Å². The average Bonchev–Trinajstić information content (AvgIpc) is 2.91. The molecule has 0 aliphatic carbocycles. The molecule has 2 aromatic rings. The number of aromatic nitrogens is 3. The van der Waals surface area contributed by atoms with Crippen LogP contribution >= 0.6 is 0 Å². The van der Waals surface area contributed by atoms with Crippen molar-refractivity contribution in [2.45, 2.75) is 25.0 Å². The van der Waals surface area contributed by atoms with E-state index < -0.39 is 27.1 Å². The molecule has 23 heavy (non-hydrogen) atoms. The third kappa shape index (κ3) is 3.40. The predicted molar refractivity (Wildman–Crippen MR) is 78.2 cm³/mol. The Morgan fingerprint density at radius 3 is 2.43 bits per heavy atom. The van der Waals surface area contributed by atoms with Crippen molar-refractivity contribution in [3.63, 3.8) is 0 Å². The molecule has 0 saturated carbocycles. The Morgan fingerprint density at radius 2 is 1.83 bits per heavy atom. The molecule has 1 aromatic heterocycles. The molecular formula is C14H15F2N3O3S. The van der Waals surface area contributed by atoms with Gasteiger partial charge in [-0.2, -0.15) is 0 Å². The van der Waals surface area contributed by atoms with E-state index in [0.29, 0.717) is 0 Å². The lowest BCUT2D eigenvalue weighted by Gasteiger charge is -2.31. The topological polar surface area (TPSA) is 85.1 Å². The molecule has 0 radical (unpaired) electrons. The van der Waals surface area contributed by atoms with Crippen molar-refractivity contribution in [1.29, 1.82) is 0 Å². The van der Waals surface area contributed by atoms with Crippen LogP contribution in [-0.4, -0.2) is 45.6 Å². The van der Waals surface area contributed by atoms with Gasteiger partial charge in [0.25, 0.3) is 0 Å². The summed E-state index contributed by atoms with van der Waals surface area (Å²) in [4.78, 5) is 0. The first-order valence-corrected chi connectivity index (χ1v) is 8.88. The summed E-state index contributed by atoms with van der Waals surface area (Å²) in [6.45, 7) is 0.0194. The Hall–Kier alpha value is -1.87. The molecule has 1 aliphatic heterocycles. The van der Waals surface area contributed by atoms with E-state index in [9.17, 15) is 22.3 Å². The second-order valence-corrected chi connectivity index (χ2v) is 8.08. The van der Waals surface area contributed by atoms with Crippen LogP contribution in [0.1, 0.15) is 12.8 Å². The van der Waals surface area contributed by atoms with Gasteiger partial charge < -0.3 is 5.11 Å². The first kappa shape index (κ1) is 16.0. The summed E-state index contributed by atoms with van der Waals surface area (Å²) in [6, 6.07) is 3.50. The molecule has 0 bridgehead atoms. The van der Waals surface area contributed by atoms with E-state index in [2.05, 4.69) is 10.3 Å². The highest BCUT2D eigenvalue weighted by atomic mass is 32.2. The van der Waals surface area contributed by atoms with Gasteiger partial charge in [0.15, 0.2) is 9.84 Å². The van der Waals surface area contributed by atoms with Crippen LogP contribution in [0.4, 0.5) is 8.78 Å². The largest absolute Gasteiger partial charge is 0.388 e. The van der Waals surface area contributed by atoms with Crippen LogP contribution in [0.2, 0.25) is 0 Å². The smallest absolute Gasteiger partial charge is 0.150 e. The van der Waals surface area contributed by atoms with E-state index in [1.54, 1.807) is 0 Å². The van der Waals surface area contributed by atoms with E-state index in [1.807, 2.05) is 0 Å². The SMILES string of the molecule is O=S1(=O)CCC(O)(Cn2cc(-c3c(F)cccc3F)nn2)CC1. The number of benzene rings is 1. The van der Waals surface area contributed by atoms with Gasteiger partial charge >= 0.3 is 0 Å². The van der Waals surface area contributed by atoms with E-state index in [1.165, 1.54) is 16.9 Å². The summed E-state index contributed by atoms with van der Waals surface area (Å²) in [5, 5.41) is 18.0. The number of rotatable bonds is 3. The van der Waals surface area contributed by atoms with Gasteiger partial charge in [-0.05, 0) is 25.0 Å². The molecule has 0 amide bonds. The van der Waals surface area contributed by atoms with Crippen molar-refractivity contribution in [2.24, 2.45) is 0 Å². The Morgan fingerprint density at radius 1 is 1.22 bits per heavy atom. The van der Waals surface area contributed by atoms with Crippen LogP contribution in [-0.2, 0) is 16.4 Å². The second kappa shape index (κ2) is 5.64. The van der Waals surface area contributed by atoms with Crippen molar-refractivity contribution < 1.29 is 22.3 Å². The summed E-state index contributed by atoms with van der Waals surface area (Å²) in [7, 11) is -3.10. The molecule has 1 saturated heterocycles. The highest BCUT2D eigenvalue weighted by Gasteiger charge is 2.36. The van der Waals surface area contributed by atoms with Crippen molar-refractivity contribution in [1.82, 2.24) is 15.0 Å². The lowest BCUT2D eigenvalue weighted by molar-refractivity contribution is 0.00960. The highest BCUT2D eigenvalue weighted by molar-refractivity contribution is 7.91. The molecule has 1 N–H and O–H groups in total. The molecule has 3 rings (SSSR count). The molecule has 2 heterocycles. The molecule has 0 unspecified atom stereocenters. The van der Waals surface area contributed by atoms with Crippen LogP contribution in [0, 0.1) is 11.6 Å². The van der Waals surface area contributed by atoms with Gasteiger partial charge in [0.1, 0.15) is 17.3 Å². The average molecular weight is 343 g/mol. The summed E-state index contributed by atoms with van der Waals surface area (Å²) < 4.78 is 51.6. The number of halogens is 2. The van der Waals surface area contributed by atoms with Gasteiger partial charge in [0, 0.05) is 0 Å². The number of hydrogen-bond acceptors (Lipinski definition) is 5. The minimum absolute atomic E-state index is 0.0194.